The van der Waals surface area contributed by atoms with Crippen molar-refractivity contribution in [2.75, 3.05) is 5.73 Å². The van der Waals surface area contributed by atoms with Crippen LogP contribution in [-0.2, 0) is 13.0 Å². The smallest absolute Gasteiger partial charge is 0.203 e. The zero-order valence-corrected chi connectivity index (χ0v) is 11.2. The topological polar surface area (TPSA) is 77.0 Å². The number of nitrogen functional groups attached to an aromatic ring is 1. The van der Waals surface area contributed by atoms with Crippen LogP contribution < -0.4 is 5.73 Å². The lowest BCUT2D eigenvalue weighted by Gasteiger charge is -2.11. The minimum atomic E-state index is 0.159. The first-order valence-electron chi connectivity index (χ1n) is 6.49. The number of nitrogens with two attached hydrogens (primary N) is 1. The van der Waals surface area contributed by atoms with E-state index in [4.69, 9.17) is 5.73 Å². The van der Waals surface area contributed by atoms with Gasteiger partial charge < -0.3 is 15.4 Å². The molecule has 3 N–H and O–H groups in total. The van der Waals surface area contributed by atoms with Gasteiger partial charge in [-0.15, -0.1) is 0 Å². The number of hydrogen-bond acceptors (Lipinski definition) is 4. The summed E-state index contributed by atoms with van der Waals surface area (Å²) in [6.07, 6.45) is 2.42. The third-order valence-electron chi connectivity index (χ3n) is 3.36. The van der Waals surface area contributed by atoms with Crippen LogP contribution in [0.25, 0.3) is 11.4 Å². The highest BCUT2D eigenvalue weighted by molar-refractivity contribution is 5.68. The Bertz CT molecular complexity index is 703. The molecular weight excluding hydrogens is 252 g/mol. The monoisotopic (exact) mass is 268 g/mol. The lowest BCUT2D eigenvalue weighted by Crippen LogP contribution is -2.05. The van der Waals surface area contributed by atoms with E-state index in [0.717, 1.165) is 6.42 Å². The molecule has 1 aromatic rings. The van der Waals surface area contributed by atoms with Gasteiger partial charge in [0, 0.05) is 6.54 Å². The Hall–Kier alpha value is -2.56. The van der Waals surface area contributed by atoms with Crippen LogP contribution in [0.3, 0.4) is 0 Å². The number of aromatic nitrogens is 3. The van der Waals surface area contributed by atoms with Gasteiger partial charge in [-0.25, -0.2) is 9.97 Å². The minimum Gasteiger partial charge on any atom is -0.494 e. The number of hydrogen-bond donors (Lipinski definition) is 2. The first-order chi connectivity index (χ1) is 9.63. The molecule has 0 bridgehead atoms. The molecule has 5 heteroatoms. The van der Waals surface area contributed by atoms with Crippen LogP contribution in [0.2, 0.25) is 0 Å². The summed E-state index contributed by atoms with van der Waals surface area (Å²) >= 11 is 0. The van der Waals surface area contributed by atoms with Gasteiger partial charge in [0.05, 0.1) is 11.9 Å². The molecular formula is C15H16N4O. The molecule has 3 rings (SSSR count). The Kier molecular flexibility index (Phi) is 3.02. The van der Waals surface area contributed by atoms with Crippen LogP contribution >= 0.6 is 0 Å². The molecule has 0 fully saturated rings. The van der Waals surface area contributed by atoms with E-state index in [1.54, 1.807) is 17.0 Å². The van der Waals surface area contributed by atoms with E-state index in [0.29, 0.717) is 23.8 Å². The summed E-state index contributed by atoms with van der Waals surface area (Å²) in [4.78, 5) is 8.24. The minimum absolute atomic E-state index is 0.159. The van der Waals surface area contributed by atoms with Crippen LogP contribution in [0.15, 0.2) is 36.7 Å². The Morgan fingerprint density at radius 3 is 2.75 bits per heavy atom. The van der Waals surface area contributed by atoms with Gasteiger partial charge in [-0.3, -0.25) is 0 Å². The van der Waals surface area contributed by atoms with Crippen molar-refractivity contribution in [3.05, 3.63) is 47.8 Å². The summed E-state index contributed by atoms with van der Waals surface area (Å²) in [5.41, 5.74) is 8.67. The van der Waals surface area contributed by atoms with Gasteiger partial charge in [-0.1, -0.05) is 29.8 Å². The average Bonchev–Trinajstić information content (AvgIpc) is 2.81. The van der Waals surface area contributed by atoms with E-state index in [-0.39, 0.29) is 5.88 Å². The van der Waals surface area contributed by atoms with Crippen molar-refractivity contribution in [2.45, 2.75) is 19.9 Å². The number of anilines is 1. The Balaban J connectivity index is 1.82. The highest BCUT2D eigenvalue weighted by Gasteiger charge is 2.15. The second-order valence-corrected chi connectivity index (χ2v) is 4.92. The van der Waals surface area contributed by atoms with Gasteiger partial charge in [0.25, 0.3) is 0 Å². The highest BCUT2D eigenvalue weighted by Crippen LogP contribution is 2.30. The molecule has 0 amide bonds. The first kappa shape index (κ1) is 12.5. The molecule has 0 radical (unpaired) electrons. The van der Waals surface area contributed by atoms with Crippen molar-refractivity contribution in [1.82, 2.24) is 14.5 Å². The fourth-order valence-corrected chi connectivity index (χ4v) is 2.19. The van der Waals surface area contributed by atoms with Gasteiger partial charge in [0.15, 0.2) is 5.82 Å². The van der Waals surface area contributed by atoms with Crippen LogP contribution in [0.1, 0.15) is 11.1 Å². The van der Waals surface area contributed by atoms with Crippen LogP contribution in [0, 0.1) is 6.92 Å². The molecule has 0 saturated carbocycles. The Morgan fingerprint density at radius 2 is 2.00 bits per heavy atom. The number of nitrogens with zero attached hydrogens (tertiary/aromatic N) is 3. The van der Waals surface area contributed by atoms with Crippen molar-refractivity contribution in [3.63, 3.8) is 0 Å². The summed E-state index contributed by atoms with van der Waals surface area (Å²) in [7, 11) is 0. The van der Waals surface area contributed by atoms with Crippen molar-refractivity contribution >= 4 is 5.82 Å². The normalized spacial score (nSPS) is 11.1. The zero-order chi connectivity index (χ0) is 14.1. The Labute approximate surface area is 117 Å². The lowest BCUT2D eigenvalue weighted by atomic mass is 10.1. The molecule has 0 unspecified atom stereocenters. The molecule has 102 valence electrons. The third-order valence-corrected chi connectivity index (χ3v) is 3.36. The fourth-order valence-electron chi connectivity index (χ4n) is 2.19. The standard InChI is InChI=1S/C15H16N4O/c1-10-2-4-11(5-3-10)6-7-19-9-17-14-12(15(19)20)8-13(16)18-14/h2-5,8-9,20H,6-7,16H2,1H3. The molecule has 0 aromatic heterocycles. The number of aromatic hydroxyl groups is 1. The van der Waals surface area contributed by atoms with Gasteiger partial charge in [-0.2, -0.15) is 0 Å². The molecule has 0 saturated heterocycles. The van der Waals surface area contributed by atoms with E-state index >= 15 is 0 Å². The molecule has 2 heterocycles. The summed E-state index contributed by atoms with van der Waals surface area (Å²) < 4.78 is 1.71. The highest BCUT2D eigenvalue weighted by atomic mass is 16.3. The summed E-state index contributed by atoms with van der Waals surface area (Å²) in [5, 5.41) is 10.2. The number of benzene rings is 1. The van der Waals surface area contributed by atoms with Crippen LogP contribution in [0.5, 0.6) is 5.88 Å². The van der Waals surface area contributed by atoms with Gasteiger partial charge in [0.2, 0.25) is 5.88 Å². The van der Waals surface area contributed by atoms with E-state index < -0.39 is 0 Å². The molecule has 5 nitrogen and oxygen atoms in total. The molecule has 20 heavy (non-hydrogen) atoms. The molecule has 0 aliphatic carbocycles. The third kappa shape index (κ3) is 2.30. The SMILES string of the molecule is Cc1ccc(CCn2cnc3nc(N)cc-3c2O)cc1. The summed E-state index contributed by atoms with van der Waals surface area (Å²) in [5.74, 6) is 1.01. The lowest BCUT2D eigenvalue weighted by molar-refractivity contribution is 0.410. The van der Waals surface area contributed by atoms with Gasteiger partial charge in [-0.05, 0) is 25.0 Å². The van der Waals surface area contributed by atoms with Crippen molar-refractivity contribution in [3.8, 4) is 17.3 Å². The van der Waals surface area contributed by atoms with Crippen LogP contribution in [0.4, 0.5) is 5.82 Å². The quantitative estimate of drug-likeness (QED) is 0.763. The molecule has 2 aliphatic heterocycles. The van der Waals surface area contributed by atoms with Crippen LogP contribution in [-0.4, -0.2) is 19.6 Å². The second-order valence-electron chi connectivity index (χ2n) is 4.92. The largest absolute Gasteiger partial charge is 0.494 e. The summed E-state index contributed by atoms with van der Waals surface area (Å²) in [6.45, 7) is 2.72. The van der Waals surface area contributed by atoms with Gasteiger partial charge in [0.1, 0.15) is 5.82 Å². The number of fused-ring (bicyclic) bond motifs is 1. The molecule has 2 aliphatic rings. The van der Waals surface area contributed by atoms with E-state index in [1.165, 1.54) is 11.1 Å². The molecule has 1 aromatic carbocycles. The van der Waals surface area contributed by atoms with E-state index in [9.17, 15) is 5.11 Å². The average molecular weight is 268 g/mol. The van der Waals surface area contributed by atoms with E-state index in [2.05, 4.69) is 41.2 Å². The maximum absolute atomic E-state index is 10.2. The molecule has 0 atom stereocenters. The number of rotatable bonds is 3. The first-order valence-corrected chi connectivity index (χ1v) is 6.49. The second kappa shape index (κ2) is 4.85. The maximum atomic E-state index is 10.2. The maximum Gasteiger partial charge on any atom is 0.203 e. The van der Waals surface area contributed by atoms with E-state index in [1.807, 2.05) is 0 Å². The molecule has 0 spiro atoms. The van der Waals surface area contributed by atoms with Crippen molar-refractivity contribution in [1.29, 1.82) is 0 Å². The fraction of sp³-hybridized carbons (Fsp3) is 0.200. The zero-order valence-electron chi connectivity index (χ0n) is 11.2. The predicted molar refractivity (Wildman–Crippen MR) is 77.6 cm³/mol. The summed E-state index contributed by atoms with van der Waals surface area (Å²) in [6, 6.07) is 10.0. The van der Waals surface area contributed by atoms with Gasteiger partial charge >= 0.3 is 0 Å². The Morgan fingerprint density at radius 1 is 1.25 bits per heavy atom. The van der Waals surface area contributed by atoms with Crippen molar-refractivity contribution in [2.24, 2.45) is 0 Å². The number of aryl methyl sites for hydroxylation is 3. The van der Waals surface area contributed by atoms with Crippen molar-refractivity contribution < 1.29 is 5.11 Å². The predicted octanol–water partition coefficient (Wildman–Crippen LogP) is 2.22.